The van der Waals surface area contributed by atoms with Crippen molar-refractivity contribution < 1.29 is 4.79 Å². The molecule has 0 fully saturated rings. The van der Waals surface area contributed by atoms with Crippen molar-refractivity contribution in [3.8, 4) is 0 Å². The monoisotopic (exact) mass is 230 g/mol. The van der Waals surface area contributed by atoms with Crippen LogP contribution >= 0.6 is 11.3 Å². The van der Waals surface area contributed by atoms with E-state index in [1.807, 2.05) is 29.0 Å². The van der Waals surface area contributed by atoms with Gasteiger partial charge >= 0.3 is 0 Å². The van der Waals surface area contributed by atoms with Crippen molar-refractivity contribution in [1.29, 1.82) is 0 Å². The summed E-state index contributed by atoms with van der Waals surface area (Å²) in [5.74, 6) is 0.200. The van der Waals surface area contributed by atoms with Gasteiger partial charge in [-0.3, -0.25) is 4.79 Å². The van der Waals surface area contributed by atoms with Gasteiger partial charge in [0, 0.05) is 17.4 Å². The van der Waals surface area contributed by atoms with Crippen LogP contribution in [0.25, 0.3) is 0 Å². The minimum atomic E-state index is 0.200. The van der Waals surface area contributed by atoms with E-state index in [9.17, 15) is 4.79 Å². The topological polar surface area (TPSA) is 17.1 Å². The van der Waals surface area contributed by atoms with E-state index in [0.29, 0.717) is 6.42 Å². The third-order valence-corrected chi connectivity index (χ3v) is 3.32. The molecule has 1 aromatic heterocycles. The number of carbonyl (C=O) groups excluding carboxylic acids is 1. The molecule has 1 aromatic carbocycles. The van der Waals surface area contributed by atoms with Crippen LogP contribution in [0.4, 0.5) is 0 Å². The van der Waals surface area contributed by atoms with Crippen LogP contribution < -0.4 is 0 Å². The van der Waals surface area contributed by atoms with Gasteiger partial charge in [-0.2, -0.15) is 11.3 Å². The molecule has 1 heterocycles. The minimum absolute atomic E-state index is 0.200. The Balaban J connectivity index is 2.06. The molecule has 0 saturated heterocycles. The van der Waals surface area contributed by atoms with Crippen molar-refractivity contribution in [2.45, 2.75) is 19.8 Å². The molecule has 0 spiro atoms. The van der Waals surface area contributed by atoms with Gasteiger partial charge < -0.3 is 0 Å². The first-order valence-corrected chi connectivity index (χ1v) is 6.37. The summed E-state index contributed by atoms with van der Waals surface area (Å²) in [5, 5.41) is 3.84. The van der Waals surface area contributed by atoms with Crippen molar-refractivity contribution in [2.75, 3.05) is 0 Å². The van der Waals surface area contributed by atoms with Crippen LogP contribution in [0.15, 0.2) is 41.1 Å². The van der Waals surface area contributed by atoms with Crippen LogP contribution in [0.3, 0.4) is 0 Å². The third-order valence-electron chi connectivity index (χ3n) is 2.64. The Labute approximate surface area is 99.8 Å². The van der Waals surface area contributed by atoms with Crippen LogP contribution in [0.1, 0.15) is 28.4 Å². The standard InChI is InChI=1S/C14H14OS/c1-2-11-3-5-12(6-4-11)9-14(15)13-7-8-16-10-13/h3-8,10H,2,9H2,1H3. The summed E-state index contributed by atoms with van der Waals surface area (Å²) in [7, 11) is 0. The van der Waals surface area contributed by atoms with Gasteiger partial charge in [0.05, 0.1) is 0 Å². The number of carbonyl (C=O) groups is 1. The lowest BCUT2D eigenvalue weighted by atomic mass is 10.0. The molecule has 0 aliphatic heterocycles. The zero-order valence-corrected chi connectivity index (χ0v) is 10.1. The van der Waals surface area contributed by atoms with Crippen molar-refractivity contribution in [1.82, 2.24) is 0 Å². The number of hydrogen-bond donors (Lipinski definition) is 0. The Morgan fingerprint density at radius 1 is 1.12 bits per heavy atom. The van der Waals surface area contributed by atoms with Gasteiger partial charge in [0.15, 0.2) is 5.78 Å². The lowest BCUT2D eigenvalue weighted by molar-refractivity contribution is 0.0993. The first kappa shape index (κ1) is 11.1. The second kappa shape index (κ2) is 5.08. The maximum atomic E-state index is 11.8. The summed E-state index contributed by atoms with van der Waals surface area (Å²) in [6, 6.07) is 10.2. The molecule has 0 bridgehead atoms. The molecule has 0 radical (unpaired) electrons. The Hall–Kier alpha value is -1.41. The number of ketones is 1. The van der Waals surface area contributed by atoms with Crippen LogP contribution in [0.5, 0.6) is 0 Å². The molecule has 0 amide bonds. The molecule has 2 aromatic rings. The van der Waals surface area contributed by atoms with Gasteiger partial charge in [0.2, 0.25) is 0 Å². The first-order chi connectivity index (χ1) is 7.79. The summed E-state index contributed by atoms with van der Waals surface area (Å²) in [6.07, 6.45) is 1.54. The smallest absolute Gasteiger partial charge is 0.168 e. The maximum Gasteiger partial charge on any atom is 0.168 e. The highest BCUT2D eigenvalue weighted by Gasteiger charge is 2.06. The fraction of sp³-hybridized carbons (Fsp3) is 0.214. The molecule has 16 heavy (non-hydrogen) atoms. The third kappa shape index (κ3) is 2.58. The molecule has 82 valence electrons. The maximum absolute atomic E-state index is 11.8. The van der Waals surface area contributed by atoms with Crippen molar-refractivity contribution in [2.24, 2.45) is 0 Å². The molecule has 0 aliphatic carbocycles. The van der Waals surface area contributed by atoms with E-state index in [2.05, 4.69) is 19.1 Å². The largest absolute Gasteiger partial charge is 0.294 e. The Kier molecular flexibility index (Phi) is 3.52. The number of benzene rings is 1. The summed E-state index contributed by atoms with van der Waals surface area (Å²) in [6.45, 7) is 2.13. The van der Waals surface area contributed by atoms with Gasteiger partial charge in [-0.25, -0.2) is 0 Å². The predicted octanol–water partition coefficient (Wildman–Crippen LogP) is 3.74. The van der Waals surface area contributed by atoms with Gasteiger partial charge in [-0.05, 0) is 29.0 Å². The zero-order valence-electron chi connectivity index (χ0n) is 9.27. The quantitative estimate of drug-likeness (QED) is 0.731. The normalized spacial score (nSPS) is 10.3. The van der Waals surface area contributed by atoms with E-state index < -0.39 is 0 Å². The number of Topliss-reactive ketones (excluding diaryl/α,β-unsaturated/α-hetero) is 1. The van der Waals surface area contributed by atoms with Gasteiger partial charge in [0.1, 0.15) is 0 Å². The summed E-state index contributed by atoms with van der Waals surface area (Å²) in [4.78, 5) is 11.8. The molecule has 0 atom stereocenters. The second-order valence-electron chi connectivity index (χ2n) is 3.78. The fourth-order valence-corrected chi connectivity index (χ4v) is 2.26. The highest BCUT2D eigenvalue weighted by Crippen LogP contribution is 2.12. The highest BCUT2D eigenvalue weighted by molar-refractivity contribution is 7.08. The fourth-order valence-electron chi connectivity index (χ4n) is 1.60. The van der Waals surface area contributed by atoms with E-state index in [0.717, 1.165) is 17.5 Å². The molecule has 0 unspecified atom stereocenters. The molecule has 1 nitrogen and oxygen atoms in total. The lowest BCUT2D eigenvalue weighted by Crippen LogP contribution is -2.01. The lowest BCUT2D eigenvalue weighted by Gasteiger charge is -2.01. The number of rotatable bonds is 4. The van der Waals surface area contributed by atoms with Crippen LogP contribution in [0.2, 0.25) is 0 Å². The van der Waals surface area contributed by atoms with Crippen LogP contribution in [-0.4, -0.2) is 5.78 Å². The van der Waals surface area contributed by atoms with E-state index in [-0.39, 0.29) is 5.78 Å². The molecule has 0 aliphatic rings. The summed E-state index contributed by atoms with van der Waals surface area (Å²) < 4.78 is 0. The zero-order chi connectivity index (χ0) is 11.4. The molecule has 2 rings (SSSR count). The predicted molar refractivity (Wildman–Crippen MR) is 68.2 cm³/mol. The molecular formula is C14H14OS. The van der Waals surface area contributed by atoms with Crippen molar-refractivity contribution >= 4 is 17.1 Å². The van der Waals surface area contributed by atoms with E-state index >= 15 is 0 Å². The first-order valence-electron chi connectivity index (χ1n) is 5.43. The molecule has 2 heteroatoms. The van der Waals surface area contributed by atoms with Crippen LogP contribution in [-0.2, 0) is 12.8 Å². The van der Waals surface area contributed by atoms with Crippen LogP contribution in [0, 0.1) is 0 Å². The van der Waals surface area contributed by atoms with E-state index in [1.165, 1.54) is 5.56 Å². The number of thiophene rings is 1. The Morgan fingerprint density at radius 3 is 2.38 bits per heavy atom. The SMILES string of the molecule is CCc1ccc(CC(=O)c2ccsc2)cc1. The van der Waals surface area contributed by atoms with Crippen molar-refractivity contribution in [3.63, 3.8) is 0 Å². The summed E-state index contributed by atoms with van der Waals surface area (Å²) >= 11 is 1.56. The van der Waals surface area contributed by atoms with Gasteiger partial charge in [-0.1, -0.05) is 31.2 Å². The Morgan fingerprint density at radius 2 is 1.81 bits per heavy atom. The van der Waals surface area contributed by atoms with Crippen molar-refractivity contribution in [3.05, 3.63) is 57.8 Å². The van der Waals surface area contributed by atoms with E-state index in [4.69, 9.17) is 0 Å². The molecule has 0 saturated carbocycles. The van der Waals surface area contributed by atoms with E-state index in [1.54, 1.807) is 11.3 Å². The second-order valence-corrected chi connectivity index (χ2v) is 4.56. The van der Waals surface area contributed by atoms with Gasteiger partial charge in [0.25, 0.3) is 0 Å². The summed E-state index contributed by atoms with van der Waals surface area (Å²) in [5.41, 5.74) is 3.23. The Bertz CT molecular complexity index is 454. The number of aryl methyl sites for hydroxylation is 1. The average Bonchev–Trinajstić information content (AvgIpc) is 2.83. The van der Waals surface area contributed by atoms with Gasteiger partial charge in [-0.15, -0.1) is 0 Å². The highest BCUT2D eigenvalue weighted by atomic mass is 32.1. The number of hydrogen-bond acceptors (Lipinski definition) is 2. The molecule has 0 N–H and O–H groups in total. The molecular weight excluding hydrogens is 216 g/mol. The average molecular weight is 230 g/mol. The minimum Gasteiger partial charge on any atom is -0.294 e.